The largest absolute Gasteiger partial charge is 0.396 e. The number of allylic oxidation sites excluding steroid dienone is 2. The Morgan fingerprint density at radius 1 is 1.16 bits per heavy atom. The van der Waals surface area contributed by atoms with Gasteiger partial charge in [-0.2, -0.15) is 0 Å². The molecule has 1 fully saturated rings. The van der Waals surface area contributed by atoms with Gasteiger partial charge in [-0.3, -0.25) is 14.5 Å². The van der Waals surface area contributed by atoms with Gasteiger partial charge in [0, 0.05) is 12.0 Å². The first-order chi connectivity index (χ1) is 9.08. The van der Waals surface area contributed by atoms with Gasteiger partial charge in [-0.25, -0.2) is 0 Å². The van der Waals surface area contributed by atoms with Gasteiger partial charge < -0.3 is 5.11 Å². The Bertz CT molecular complexity index is 364. The van der Waals surface area contributed by atoms with Crippen LogP contribution in [0.15, 0.2) is 12.2 Å². The molecule has 0 saturated carbocycles. The van der Waals surface area contributed by atoms with Crippen molar-refractivity contribution in [2.45, 2.75) is 39.5 Å². The molecule has 0 bridgehead atoms. The molecular weight excluding hydrogens is 242 g/mol. The Kier molecular flexibility index (Phi) is 4.09. The molecule has 1 aliphatic carbocycles. The molecule has 1 N–H and O–H groups in total. The third-order valence-electron chi connectivity index (χ3n) is 4.93. The normalized spacial score (nSPS) is 27.0. The molecule has 4 heteroatoms. The molecule has 106 valence electrons. The highest BCUT2D eigenvalue weighted by Gasteiger charge is 2.48. The van der Waals surface area contributed by atoms with Crippen LogP contribution >= 0.6 is 0 Å². The molecule has 1 heterocycles. The Morgan fingerprint density at radius 2 is 1.63 bits per heavy atom. The summed E-state index contributed by atoms with van der Waals surface area (Å²) in [4.78, 5) is 26.1. The van der Waals surface area contributed by atoms with Crippen LogP contribution < -0.4 is 0 Å². The van der Waals surface area contributed by atoms with Gasteiger partial charge in [0.15, 0.2) is 0 Å². The minimum Gasteiger partial charge on any atom is -0.396 e. The molecule has 0 aromatic rings. The molecule has 2 aliphatic rings. The van der Waals surface area contributed by atoms with Gasteiger partial charge in [-0.1, -0.05) is 26.0 Å². The highest BCUT2D eigenvalue weighted by atomic mass is 16.3. The van der Waals surface area contributed by atoms with Crippen molar-refractivity contribution < 1.29 is 14.7 Å². The third kappa shape index (κ3) is 2.34. The van der Waals surface area contributed by atoms with Gasteiger partial charge in [0.05, 0.1) is 18.4 Å². The van der Waals surface area contributed by atoms with Gasteiger partial charge in [0.1, 0.15) is 0 Å². The zero-order valence-electron chi connectivity index (χ0n) is 11.8. The molecule has 0 spiro atoms. The average Bonchev–Trinajstić information content (AvgIpc) is 2.70. The third-order valence-corrected chi connectivity index (χ3v) is 4.93. The van der Waals surface area contributed by atoms with E-state index in [0.29, 0.717) is 19.4 Å². The maximum Gasteiger partial charge on any atom is 0.233 e. The fourth-order valence-electron chi connectivity index (χ4n) is 3.11. The summed E-state index contributed by atoms with van der Waals surface area (Å²) in [5, 5.41) is 9.61. The Labute approximate surface area is 114 Å². The van der Waals surface area contributed by atoms with Crippen molar-refractivity contribution in [3.63, 3.8) is 0 Å². The van der Waals surface area contributed by atoms with E-state index in [-0.39, 0.29) is 35.7 Å². The predicted molar refractivity (Wildman–Crippen MR) is 72.2 cm³/mol. The minimum atomic E-state index is -0.341. The number of carbonyl (C=O) groups excluding carboxylic acids is 2. The summed E-state index contributed by atoms with van der Waals surface area (Å²) in [6.45, 7) is 4.38. The summed E-state index contributed by atoms with van der Waals surface area (Å²) in [6.07, 6.45) is 6.88. The second-order valence-electron chi connectivity index (χ2n) is 5.78. The van der Waals surface area contributed by atoms with Crippen LogP contribution in [0.3, 0.4) is 0 Å². The van der Waals surface area contributed by atoms with Crippen molar-refractivity contribution in [2.24, 2.45) is 17.3 Å². The Balaban J connectivity index is 2.17. The van der Waals surface area contributed by atoms with E-state index in [4.69, 9.17) is 0 Å². The lowest BCUT2D eigenvalue weighted by Gasteiger charge is -2.33. The first-order valence-electron chi connectivity index (χ1n) is 7.19. The van der Waals surface area contributed by atoms with Crippen LogP contribution in [0.25, 0.3) is 0 Å². The molecule has 2 atom stereocenters. The maximum absolute atomic E-state index is 12.4. The molecule has 4 nitrogen and oxygen atoms in total. The standard InChI is InChI=1S/C15H23NO3/c1-3-15(4-2,10-17)9-16-13(18)11-7-5-6-8-12(11)14(16)19/h5-6,11-12,17H,3-4,7-10H2,1-2H3/t11-,12+. The molecule has 0 aromatic heterocycles. The monoisotopic (exact) mass is 265 g/mol. The smallest absolute Gasteiger partial charge is 0.233 e. The average molecular weight is 265 g/mol. The number of hydrogen-bond donors (Lipinski definition) is 1. The summed E-state index contributed by atoms with van der Waals surface area (Å²) in [5.41, 5.74) is -0.341. The zero-order chi connectivity index (χ0) is 14.0. The number of aliphatic hydroxyl groups excluding tert-OH is 1. The number of likely N-dealkylation sites (tertiary alicyclic amines) is 1. The van der Waals surface area contributed by atoms with E-state index < -0.39 is 0 Å². The topological polar surface area (TPSA) is 57.6 Å². The van der Waals surface area contributed by atoms with Crippen LogP contribution in [-0.4, -0.2) is 35.0 Å². The highest BCUT2D eigenvalue weighted by molar-refractivity contribution is 6.05. The molecule has 2 amide bonds. The van der Waals surface area contributed by atoms with E-state index in [2.05, 4.69) is 0 Å². The predicted octanol–water partition coefficient (Wildman–Crippen LogP) is 1.74. The number of nitrogens with zero attached hydrogens (tertiary/aromatic N) is 1. The Morgan fingerprint density at radius 3 is 2.00 bits per heavy atom. The van der Waals surface area contributed by atoms with Gasteiger partial charge in [0.25, 0.3) is 0 Å². The molecule has 1 saturated heterocycles. The zero-order valence-corrected chi connectivity index (χ0v) is 11.8. The van der Waals surface area contributed by atoms with Crippen molar-refractivity contribution >= 4 is 11.8 Å². The van der Waals surface area contributed by atoms with Crippen molar-refractivity contribution in [3.8, 4) is 0 Å². The van der Waals surface area contributed by atoms with Crippen LogP contribution in [0.2, 0.25) is 0 Å². The lowest BCUT2D eigenvalue weighted by molar-refractivity contribution is -0.142. The number of amides is 2. The van der Waals surface area contributed by atoms with Gasteiger partial charge >= 0.3 is 0 Å². The fourth-order valence-corrected chi connectivity index (χ4v) is 3.11. The summed E-state index contributed by atoms with van der Waals surface area (Å²) in [6, 6.07) is 0. The fraction of sp³-hybridized carbons (Fsp3) is 0.733. The minimum absolute atomic E-state index is 0.0185. The van der Waals surface area contributed by atoms with Crippen LogP contribution in [0.4, 0.5) is 0 Å². The molecule has 1 aliphatic heterocycles. The van der Waals surface area contributed by atoms with Crippen molar-refractivity contribution in [2.75, 3.05) is 13.2 Å². The molecule has 19 heavy (non-hydrogen) atoms. The van der Waals surface area contributed by atoms with E-state index in [1.165, 1.54) is 4.90 Å². The lowest BCUT2D eigenvalue weighted by atomic mass is 9.82. The number of carbonyl (C=O) groups is 2. The van der Waals surface area contributed by atoms with Crippen molar-refractivity contribution in [3.05, 3.63) is 12.2 Å². The number of hydrogen-bond acceptors (Lipinski definition) is 3. The maximum atomic E-state index is 12.4. The number of rotatable bonds is 5. The summed E-state index contributed by atoms with van der Waals surface area (Å²) < 4.78 is 0. The number of fused-ring (bicyclic) bond motifs is 1. The molecule has 0 unspecified atom stereocenters. The van der Waals surface area contributed by atoms with Gasteiger partial charge in [-0.05, 0) is 25.7 Å². The summed E-state index contributed by atoms with van der Waals surface area (Å²) >= 11 is 0. The first-order valence-corrected chi connectivity index (χ1v) is 7.19. The summed E-state index contributed by atoms with van der Waals surface area (Å²) in [7, 11) is 0. The van der Waals surface area contributed by atoms with Crippen LogP contribution in [0.1, 0.15) is 39.5 Å². The first kappa shape index (κ1) is 14.3. The Hall–Kier alpha value is -1.16. The van der Waals surface area contributed by atoms with Gasteiger partial charge in [-0.15, -0.1) is 0 Å². The van der Waals surface area contributed by atoms with E-state index in [0.717, 1.165) is 12.8 Å². The van der Waals surface area contributed by atoms with E-state index >= 15 is 0 Å². The second kappa shape index (κ2) is 5.45. The highest BCUT2D eigenvalue weighted by Crippen LogP contribution is 2.38. The molecule has 0 aromatic carbocycles. The van der Waals surface area contributed by atoms with E-state index in [9.17, 15) is 14.7 Å². The number of aliphatic hydroxyl groups is 1. The second-order valence-corrected chi connectivity index (χ2v) is 5.78. The molecular formula is C15H23NO3. The van der Waals surface area contributed by atoms with Crippen molar-refractivity contribution in [1.82, 2.24) is 4.90 Å². The molecule has 2 rings (SSSR count). The SMILES string of the molecule is CCC(CC)(CO)CN1C(=O)[C@H]2CC=CC[C@H]2C1=O. The van der Waals surface area contributed by atoms with Crippen molar-refractivity contribution in [1.29, 1.82) is 0 Å². The number of imide groups is 1. The van der Waals surface area contributed by atoms with Gasteiger partial charge in [0.2, 0.25) is 11.8 Å². The van der Waals surface area contributed by atoms with Crippen LogP contribution in [0, 0.1) is 17.3 Å². The lowest BCUT2D eigenvalue weighted by Crippen LogP contribution is -2.43. The summed E-state index contributed by atoms with van der Waals surface area (Å²) in [5.74, 6) is -0.414. The van der Waals surface area contributed by atoms with Crippen LogP contribution in [-0.2, 0) is 9.59 Å². The van der Waals surface area contributed by atoms with E-state index in [1.54, 1.807) is 0 Å². The molecule has 0 radical (unpaired) electrons. The van der Waals surface area contributed by atoms with Crippen LogP contribution in [0.5, 0.6) is 0 Å². The van der Waals surface area contributed by atoms with E-state index in [1.807, 2.05) is 26.0 Å². The quantitative estimate of drug-likeness (QED) is 0.608.